The summed E-state index contributed by atoms with van der Waals surface area (Å²) in [6.07, 6.45) is 0. The van der Waals surface area contributed by atoms with E-state index in [-0.39, 0.29) is 28.3 Å². The molecule has 1 rings (SSSR count). The molecule has 0 saturated carbocycles. The van der Waals surface area contributed by atoms with Gasteiger partial charge in [-0.15, -0.1) is 0 Å². The van der Waals surface area contributed by atoms with Gasteiger partial charge in [0, 0.05) is 25.7 Å². The molecule has 0 aliphatic carbocycles. The second-order valence-corrected chi connectivity index (χ2v) is 3.74. The molecule has 17 heavy (non-hydrogen) atoms. The summed E-state index contributed by atoms with van der Waals surface area (Å²) in [5.41, 5.74) is 0.343. The summed E-state index contributed by atoms with van der Waals surface area (Å²) in [6.45, 7) is 1.50. The molecule has 0 spiro atoms. The summed E-state index contributed by atoms with van der Waals surface area (Å²) < 4.78 is 0. The molecule has 0 fully saturated rings. The lowest BCUT2D eigenvalue weighted by atomic mass is 10.0. The van der Waals surface area contributed by atoms with Crippen molar-refractivity contribution in [2.24, 2.45) is 0 Å². The summed E-state index contributed by atoms with van der Waals surface area (Å²) in [7, 11) is 3.10. The first kappa shape index (κ1) is 12.6. The zero-order chi connectivity index (χ0) is 13.2. The van der Waals surface area contributed by atoms with Gasteiger partial charge in [0.2, 0.25) is 0 Å². The number of nitrogens with zero attached hydrogens (tertiary/aromatic N) is 3. The van der Waals surface area contributed by atoms with Gasteiger partial charge in [0.1, 0.15) is 0 Å². The van der Waals surface area contributed by atoms with Crippen LogP contribution in [0.1, 0.15) is 21.5 Å². The monoisotopic (exact) mass is 233 g/mol. The number of rotatable bonds is 2. The summed E-state index contributed by atoms with van der Waals surface area (Å²) in [5, 5.41) is 19.6. The van der Waals surface area contributed by atoms with Crippen LogP contribution in [-0.2, 0) is 0 Å². The van der Waals surface area contributed by atoms with E-state index in [0.29, 0.717) is 0 Å². The third-order valence-corrected chi connectivity index (χ3v) is 2.34. The molecule has 1 amide bonds. The quantitative estimate of drug-likeness (QED) is 0.571. The number of amides is 1. The third kappa shape index (κ3) is 2.39. The van der Waals surface area contributed by atoms with Crippen molar-refractivity contribution < 1.29 is 9.72 Å². The predicted molar refractivity (Wildman–Crippen MR) is 60.6 cm³/mol. The van der Waals surface area contributed by atoms with Crippen molar-refractivity contribution in [1.82, 2.24) is 4.90 Å². The lowest BCUT2D eigenvalue weighted by Gasteiger charge is -2.12. The second-order valence-electron chi connectivity index (χ2n) is 3.74. The van der Waals surface area contributed by atoms with Gasteiger partial charge in [-0.2, -0.15) is 5.26 Å². The maximum absolute atomic E-state index is 11.8. The van der Waals surface area contributed by atoms with Crippen LogP contribution < -0.4 is 0 Å². The maximum atomic E-state index is 11.8. The maximum Gasteiger partial charge on any atom is 0.274 e. The van der Waals surface area contributed by atoms with Gasteiger partial charge in [-0.25, -0.2) is 0 Å². The Hall–Kier alpha value is -2.42. The molecule has 0 N–H and O–H groups in total. The molecular weight excluding hydrogens is 222 g/mol. The number of benzene rings is 1. The van der Waals surface area contributed by atoms with E-state index in [1.807, 2.05) is 6.07 Å². The van der Waals surface area contributed by atoms with Crippen molar-refractivity contribution in [2.75, 3.05) is 14.1 Å². The Morgan fingerprint density at radius 3 is 2.47 bits per heavy atom. The highest BCUT2D eigenvalue weighted by Crippen LogP contribution is 2.24. The standard InChI is InChI=1S/C11H11N3O3/c1-7-9(11(15)13(2)3)4-8(6-12)5-10(7)14(16)17/h4-5H,1-3H3. The zero-order valence-electron chi connectivity index (χ0n) is 9.72. The lowest BCUT2D eigenvalue weighted by molar-refractivity contribution is -0.385. The van der Waals surface area contributed by atoms with Crippen molar-refractivity contribution in [3.8, 4) is 6.07 Å². The van der Waals surface area contributed by atoms with E-state index >= 15 is 0 Å². The summed E-state index contributed by atoms with van der Waals surface area (Å²) in [5.74, 6) is -0.359. The highest BCUT2D eigenvalue weighted by atomic mass is 16.6. The van der Waals surface area contributed by atoms with Crippen LogP contribution in [0, 0.1) is 28.4 Å². The van der Waals surface area contributed by atoms with Crippen molar-refractivity contribution in [1.29, 1.82) is 5.26 Å². The number of nitriles is 1. The molecule has 0 aliphatic heterocycles. The van der Waals surface area contributed by atoms with Gasteiger partial charge in [-0.1, -0.05) is 0 Å². The van der Waals surface area contributed by atoms with Crippen LogP contribution in [0.2, 0.25) is 0 Å². The van der Waals surface area contributed by atoms with E-state index in [2.05, 4.69) is 0 Å². The topological polar surface area (TPSA) is 87.2 Å². The molecule has 0 radical (unpaired) electrons. The average molecular weight is 233 g/mol. The van der Waals surface area contributed by atoms with Gasteiger partial charge < -0.3 is 4.90 Å². The normalized spacial score (nSPS) is 9.53. The van der Waals surface area contributed by atoms with E-state index < -0.39 is 4.92 Å². The van der Waals surface area contributed by atoms with Gasteiger partial charge in [0.15, 0.2) is 0 Å². The van der Waals surface area contributed by atoms with E-state index in [9.17, 15) is 14.9 Å². The fourth-order valence-electron chi connectivity index (χ4n) is 1.42. The third-order valence-electron chi connectivity index (χ3n) is 2.34. The number of hydrogen-bond acceptors (Lipinski definition) is 4. The molecule has 0 unspecified atom stereocenters. The molecule has 0 heterocycles. The number of carbonyl (C=O) groups excluding carboxylic acids is 1. The van der Waals surface area contributed by atoms with Crippen LogP contribution >= 0.6 is 0 Å². The molecule has 0 bridgehead atoms. The average Bonchev–Trinajstić information content (AvgIpc) is 2.27. The largest absolute Gasteiger partial charge is 0.345 e. The number of carbonyl (C=O) groups is 1. The molecule has 0 saturated heterocycles. The number of hydrogen-bond donors (Lipinski definition) is 0. The van der Waals surface area contributed by atoms with Gasteiger partial charge >= 0.3 is 0 Å². The SMILES string of the molecule is Cc1c(C(=O)N(C)C)cc(C#N)cc1[N+](=O)[O-]. The Morgan fingerprint density at radius 2 is 2.06 bits per heavy atom. The van der Waals surface area contributed by atoms with Crippen LogP contribution in [0.5, 0.6) is 0 Å². The number of nitro groups is 1. The van der Waals surface area contributed by atoms with Crippen LogP contribution in [-0.4, -0.2) is 29.8 Å². The van der Waals surface area contributed by atoms with Gasteiger partial charge in [-0.05, 0) is 13.0 Å². The Balaban J connectivity index is 3.51. The molecule has 1 aromatic rings. The zero-order valence-corrected chi connectivity index (χ0v) is 9.72. The lowest BCUT2D eigenvalue weighted by Crippen LogP contribution is -2.23. The van der Waals surface area contributed by atoms with Crippen LogP contribution in [0.3, 0.4) is 0 Å². The summed E-state index contributed by atoms with van der Waals surface area (Å²) in [4.78, 5) is 23.3. The summed E-state index contributed by atoms with van der Waals surface area (Å²) >= 11 is 0. The van der Waals surface area contributed by atoms with Gasteiger partial charge in [0.05, 0.1) is 22.1 Å². The molecule has 0 aromatic heterocycles. The second kappa shape index (κ2) is 4.61. The van der Waals surface area contributed by atoms with Crippen molar-refractivity contribution in [3.63, 3.8) is 0 Å². The van der Waals surface area contributed by atoms with Crippen LogP contribution in [0.15, 0.2) is 12.1 Å². The molecule has 6 nitrogen and oxygen atoms in total. The Bertz CT molecular complexity index is 529. The highest BCUT2D eigenvalue weighted by Gasteiger charge is 2.21. The van der Waals surface area contributed by atoms with Crippen LogP contribution in [0.25, 0.3) is 0 Å². The van der Waals surface area contributed by atoms with Crippen molar-refractivity contribution >= 4 is 11.6 Å². The fourth-order valence-corrected chi connectivity index (χ4v) is 1.42. The summed E-state index contributed by atoms with van der Waals surface area (Å²) in [6, 6.07) is 4.34. The van der Waals surface area contributed by atoms with Crippen LogP contribution in [0.4, 0.5) is 5.69 Å². The minimum absolute atomic E-state index is 0.104. The smallest absolute Gasteiger partial charge is 0.274 e. The minimum Gasteiger partial charge on any atom is -0.345 e. The van der Waals surface area contributed by atoms with E-state index in [1.54, 1.807) is 14.1 Å². The molecule has 0 atom stereocenters. The highest BCUT2D eigenvalue weighted by molar-refractivity contribution is 5.96. The van der Waals surface area contributed by atoms with E-state index in [1.165, 1.54) is 24.0 Å². The molecular formula is C11H11N3O3. The molecule has 0 aliphatic rings. The molecule has 1 aromatic carbocycles. The Labute approximate surface area is 98.2 Å². The van der Waals surface area contributed by atoms with Crippen molar-refractivity contribution in [3.05, 3.63) is 38.9 Å². The first-order chi connectivity index (χ1) is 7.88. The van der Waals surface area contributed by atoms with E-state index in [0.717, 1.165) is 0 Å². The van der Waals surface area contributed by atoms with E-state index in [4.69, 9.17) is 5.26 Å². The fraction of sp³-hybridized carbons (Fsp3) is 0.273. The Morgan fingerprint density at radius 1 is 1.47 bits per heavy atom. The Kier molecular flexibility index (Phi) is 3.43. The minimum atomic E-state index is -0.595. The molecule has 6 heteroatoms. The van der Waals surface area contributed by atoms with Crippen molar-refractivity contribution in [2.45, 2.75) is 6.92 Å². The predicted octanol–water partition coefficient (Wildman–Crippen LogP) is 1.48. The first-order valence-electron chi connectivity index (χ1n) is 4.79. The van der Waals surface area contributed by atoms with Gasteiger partial charge in [0.25, 0.3) is 11.6 Å². The first-order valence-corrected chi connectivity index (χ1v) is 4.79. The molecule has 88 valence electrons. The number of nitro benzene ring substituents is 1. The van der Waals surface area contributed by atoms with Gasteiger partial charge in [-0.3, -0.25) is 14.9 Å².